The molecule has 3 rings (SSSR count). The highest BCUT2D eigenvalue weighted by atomic mass is 14.5. The van der Waals surface area contributed by atoms with E-state index in [-0.39, 0.29) is 0 Å². The summed E-state index contributed by atoms with van der Waals surface area (Å²) in [5, 5.41) is 0. The van der Waals surface area contributed by atoms with Crippen LogP contribution in [0.3, 0.4) is 0 Å². The van der Waals surface area contributed by atoms with Crippen molar-refractivity contribution in [3.05, 3.63) is 6.42 Å². The van der Waals surface area contributed by atoms with Gasteiger partial charge in [-0.1, -0.05) is 65.2 Å². The normalized spacial score (nSPS) is 37.2. The fraction of sp³-hybridized carbons (Fsp3) is 0.958. The lowest BCUT2D eigenvalue weighted by atomic mass is 9.52. The molecule has 3 saturated carbocycles. The first-order chi connectivity index (χ1) is 11.8. The monoisotopic (exact) mass is 331 g/mol. The molecule has 0 saturated heterocycles. The van der Waals surface area contributed by atoms with Crippen LogP contribution in [0.1, 0.15) is 117 Å². The molecular weight excluding hydrogens is 288 g/mol. The van der Waals surface area contributed by atoms with Gasteiger partial charge in [0, 0.05) is 0 Å². The summed E-state index contributed by atoms with van der Waals surface area (Å²) in [4.78, 5) is 0. The summed E-state index contributed by atoms with van der Waals surface area (Å²) in [6.45, 7) is 4.75. The highest BCUT2D eigenvalue weighted by Crippen LogP contribution is 2.57. The summed E-state index contributed by atoms with van der Waals surface area (Å²) in [7, 11) is 0. The lowest BCUT2D eigenvalue weighted by Gasteiger charge is -2.53. The van der Waals surface area contributed by atoms with E-state index in [2.05, 4.69) is 20.3 Å². The largest absolute Gasteiger partial charge is 0.0654 e. The Hall–Kier alpha value is 0. The van der Waals surface area contributed by atoms with Gasteiger partial charge in [0.25, 0.3) is 0 Å². The van der Waals surface area contributed by atoms with Gasteiger partial charge in [0.1, 0.15) is 0 Å². The SMILES string of the molecule is CCC[C@H]1CC[C@H](C2([C@H]3CC[C@H](CCC)CC3)CC[CH]CC2)CC1. The van der Waals surface area contributed by atoms with Crippen molar-refractivity contribution in [2.24, 2.45) is 29.1 Å². The minimum atomic E-state index is 0.753. The molecule has 0 spiro atoms. The standard InChI is InChI=1S/C24H43/c1-3-8-20-10-14-22(15-11-20)24(18-6-5-7-19-24)23-16-12-21(9-4-2)13-17-23/h5,20-23H,3-4,6-19H2,1-2H3/t20-,21-,22-,23-. The van der Waals surface area contributed by atoms with Gasteiger partial charge in [-0.3, -0.25) is 0 Å². The summed E-state index contributed by atoms with van der Waals surface area (Å²) in [6.07, 6.45) is 26.8. The lowest BCUT2D eigenvalue weighted by molar-refractivity contribution is -0.0184. The molecule has 3 aliphatic rings. The van der Waals surface area contributed by atoms with Crippen LogP contribution in [0, 0.1) is 35.5 Å². The molecule has 0 N–H and O–H groups in total. The van der Waals surface area contributed by atoms with Crippen LogP contribution in [0.5, 0.6) is 0 Å². The first kappa shape index (κ1) is 18.8. The predicted molar refractivity (Wildman–Crippen MR) is 106 cm³/mol. The van der Waals surface area contributed by atoms with Gasteiger partial charge >= 0.3 is 0 Å². The van der Waals surface area contributed by atoms with Crippen molar-refractivity contribution >= 4 is 0 Å². The van der Waals surface area contributed by atoms with Gasteiger partial charge in [0.05, 0.1) is 0 Å². The average Bonchev–Trinajstić information content (AvgIpc) is 2.64. The Morgan fingerprint density at radius 3 is 1.46 bits per heavy atom. The van der Waals surface area contributed by atoms with E-state index in [1.807, 2.05) is 0 Å². The van der Waals surface area contributed by atoms with Crippen molar-refractivity contribution < 1.29 is 0 Å². The first-order valence-electron chi connectivity index (χ1n) is 11.6. The molecule has 24 heavy (non-hydrogen) atoms. The highest BCUT2D eigenvalue weighted by molar-refractivity contribution is 4.99. The summed E-state index contributed by atoms with van der Waals surface area (Å²) in [5.41, 5.74) is 0.753. The van der Waals surface area contributed by atoms with Crippen molar-refractivity contribution in [3.63, 3.8) is 0 Å². The Bertz CT molecular complexity index is 307. The molecule has 0 unspecified atom stereocenters. The molecule has 0 aromatic rings. The molecule has 0 atom stereocenters. The Balaban J connectivity index is 1.63. The van der Waals surface area contributed by atoms with E-state index in [0.29, 0.717) is 0 Å². The first-order valence-corrected chi connectivity index (χ1v) is 11.6. The van der Waals surface area contributed by atoms with Gasteiger partial charge in [-0.15, -0.1) is 0 Å². The van der Waals surface area contributed by atoms with E-state index in [9.17, 15) is 0 Å². The maximum absolute atomic E-state index is 2.60. The molecule has 0 aromatic heterocycles. The molecule has 0 bridgehead atoms. The molecule has 139 valence electrons. The summed E-state index contributed by atoms with van der Waals surface area (Å²) in [5.74, 6) is 4.29. The van der Waals surface area contributed by atoms with Gasteiger partial charge in [-0.2, -0.15) is 0 Å². The van der Waals surface area contributed by atoms with Crippen molar-refractivity contribution in [1.82, 2.24) is 0 Å². The van der Waals surface area contributed by atoms with E-state index in [1.54, 1.807) is 64.2 Å². The molecule has 1 radical (unpaired) electrons. The predicted octanol–water partition coefficient (Wildman–Crippen LogP) is 7.96. The van der Waals surface area contributed by atoms with Crippen LogP contribution in [-0.4, -0.2) is 0 Å². The molecule has 0 aliphatic heterocycles. The summed E-state index contributed by atoms with van der Waals surface area (Å²) in [6, 6.07) is 0. The summed E-state index contributed by atoms with van der Waals surface area (Å²) >= 11 is 0. The van der Waals surface area contributed by atoms with Crippen LogP contribution >= 0.6 is 0 Å². The van der Waals surface area contributed by atoms with Crippen LogP contribution in [0.15, 0.2) is 0 Å². The fourth-order valence-electron chi connectivity index (χ4n) is 7.03. The third kappa shape index (κ3) is 4.21. The Morgan fingerprint density at radius 2 is 1.08 bits per heavy atom. The Morgan fingerprint density at radius 1 is 0.667 bits per heavy atom. The smallest absolute Gasteiger partial charge is 0.0241 e. The minimum Gasteiger partial charge on any atom is -0.0654 e. The zero-order chi connectivity index (χ0) is 16.8. The van der Waals surface area contributed by atoms with Crippen LogP contribution < -0.4 is 0 Å². The topological polar surface area (TPSA) is 0 Å². The van der Waals surface area contributed by atoms with Crippen LogP contribution in [-0.2, 0) is 0 Å². The van der Waals surface area contributed by atoms with Crippen LogP contribution in [0.25, 0.3) is 0 Å². The van der Waals surface area contributed by atoms with E-state index in [4.69, 9.17) is 0 Å². The van der Waals surface area contributed by atoms with Gasteiger partial charge in [0.15, 0.2) is 0 Å². The molecular formula is C24H43. The quantitative estimate of drug-likeness (QED) is 0.463. The lowest BCUT2D eigenvalue weighted by Crippen LogP contribution is -2.43. The molecule has 0 aromatic carbocycles. The minimum absolute atomic E-state index is 0.753. The van der Waals surface area contributed by atoms with E-state index < -0.39 is 0 Å². The second kappa shape index (κ2) is 9.09. The number of rotatable bonds is 6. The summed E-state index contributed by atoms with van der Waals surface area (Å²) < 4.78 is 0. The maximum atomic E-state index is 2.60. The molecule has 0 nitrogen and oxygen atoms in total. The molecule has 0 heteroatoms. The number of hydrogen-bond acceptors (Lipinski definition) is 0. The Kier molecular flexibility index (Phi) is 7.11. The van der Waals surface area contributed by atoms with E-state index >= 15 is 0 Å². The van der Waals surface area contributed by atoms with Gasteiger partial charge in [0.2, 0.25) is 0 Å². The Labute approximate surface area is 152 Å². The van der Waals surface area contributed by atoms with Gasteiger partial charge < -0.3 is 0 Å². The zero-order valence-corrected chi connectivity index (χ0v) is 16.7. The van der Waals surface area contributed by atoms with Crippen LogP contribution in [0.4, 0.5) is 0 Å². The number of hydrogen-bond donors (Lipinski definition) is 0. The second-order valence-corrected chi connectivity index (χ2v) is 9.61. The molecule has 0 amide bonds. The van der Waals surface area contributed by atoms with Crippen molar-refractivity contribution in [3.8, 4) is 0 Å². The van der Waals surface area contributed by atoms with Gasteiger partial charge in [-0.25, -0.2) is 0 Å². The van der Waals surface area contributed by atoms with Gasteiger partial charge in [-0.05, 0) is 86.9 Å². The van der Waals surface area contributed by atoms with Crippen molar-refractivity contribution in [1.29, 1.82) is 0 Å². The maximum Gasteiger partial charge on any atom is -0.0241 e. The van der Waals surface area contributed by atoms with Crippen molar-refractivity contribution in [2.75, 3.05) is 0 Å². The van der Waals surface area contributed by atoms with E-state index in [0.717, 1.165) is 29.1 Å². The molecule has 0 heterocycles. The average molecular weight is 332 g/mol. The highest BCUT2D eigenvalue weighted by Gasteiger charge is 2.47. The van der Waals surface area contributed by atoms with Crippen molar-refractivity contribution in [2.45, 2.75) is 117 Å². The van der Waals surface area contributed by atoms with Crippen LogP contribution in [0.2, 0.25) is 0 Å². The third-order valence-corrected chi connectivity index (χ3v) is 8.34. The second-order valence-electron chi connectivity index (χ2n) is 9.61. The fourth-order valence-corrected chi connectivity index (χ4v) is 7.03. The third-order valence-electron chi connectivity index (χ3n) is 8.34. The van der Waals surface area contributed by atoms with E-state index in [1.165, 1.54) is 38.5 Å². The molecule has 3 aliphatic carbocycles. The zero-order valence-electron chi connectivity index (χ0n) is 16.7. The molecule has 3 fully saturated rings.